The molecule has 0 bridgehead atoms. The van der Waals surface area contributed by atoms with E-state index in [0.29, 0.717) is 15.1 Å². The van der Waals surface area contributed by atoms with Crippen LogP contribution in [0.3, 0.4) is 0 Å². The van der Waals surface area contributed by atoms with Crippen molar-refractivity contribution in [3.05, 3.63) is 51.5 Å². The highest BCUT2D eigenvalue weighted by Gasteiger charge is 2.08. The molecule has 0 amide bonds. The van der Waals surface area contributed by atoms with E-state index in [4.69, 9.17) is 34.8 Å². The SMILES string of the molecule is Clc1cc(Cl)cc(-c2nc3ccc(Cl)cc3s2)c1. The molecule has 0 aliphatic heterocycles. The minimum absolute atomic E-state index is 0.606. The Hall–Kier alpha value is -0.800. The van der Waals surface area contributed by atoms with Crippen molar-refractivity contribution in [2.45, 2.75) is 0 Å². The number of halogens is 3. The highest BCUT2D eigenvalue weighted by molar-refractivity contribution is 7.21. The van der Waals surface area contributed by atoms with Crippen molar-refractivity contribution < 1.29 is 0 Å². The van der Waals surface area contributed by atoms with E-state index in [2.05, 4.69) is 4.98 Å². The maximum atomic E-state index is 6.00. The standard InChI is InChI=1S/C13H6Cl3NS/c14-8-1-2-11-12(6-8)18-13(17-11)7-3-9(15)5-10(16)4-7/h1-6H. The zero-order valence-corrected chi connectivity index (χ0v) is 12.0. The van der Waals surface area contributed by atoms with Crippen molar-refractivity contribution in [3.8, 4) is 10.6 Å². The fourth-order valence-corrected chi connectivity index (χ4v) is 3.45. The Morgan fingerprint density at radius 1 is 0.833 bits per heavy atom. The van der Waals surface area contributed by atoms with Gasteiger partial charge < -0.3 is 0 Å². The van der Waals surface area contributed by atoms with Gasteiger partial charge in [0.15, 0.2) is 0 Å². The molecule has 1 heterocycles. The van der Waals surface area contributed by atoms with Crippen molar-refractivity contribution in [1.82, 2.24) is 4.98 Å². The number of hydrogen-bond donors (Lipinski definition) is 0. The number of thiazole rings is 1. The Morgan fingerprint density at radius 3 is 2.28 bits per heavy atom. The van der Waals surface area contributed by atoms with Gasteiger partial charge in [-0.05, 0) is 36.4 Å². The normalized spacial score (nSPS) is 11.1. The third-order valence-corrected chi connectivity index (χ3v) is 4.20. The third-order valence-electron chi connectivity index (χ3n) is 2.46. The number of rotatable bonds is 1. The van der Waals surface area contributed by atoms with Crippen LogP contribution >= 0.6 is 46.1 Å². The minimum atomic E-state index is 0.606. The first-order valence-electron chi connectivity index (χ1n) is 5.14. The van der Waals surface area contributed by atoms with Gasteiger partial charge in [-0.1, -0.05) is 34.8 Å². The molecule has 0 aliphatic rings. The average molecular weight is 315 g/mol. The van der Waals surface area contributed by atoms with E-state index >= 15 is 0 Å². The second-order valence-corrected chi connectivity index (χ2v) is 6.13. The summed E-state index contributed by atoms with van der Waals surface area (Å²) >= 11 is 19.5. The van der Waals surface area contributed by atoms with Crippen LogP contribution in [-0.4, -0.2) is 4.98 Å². The van der Waals surface area contributed by atoms with Crippen LogP contribution in [0.1, 0.15) is 0 Å². The van der Waals surface area contributed by atoms with Gasteiger partial charge in [0.25, 0.3) is 0 Å². The van der Waals surface area contributed by atoms with Gasteiger partial charge in [-0.3, -0.25) is 0 Å². The lowest BCUT2D eigenvalue weighted by Crippen LogP contribution is -1.76. The molecule has 1 nitrogen and oxygen atoms in total. The molecule has 0 saturated carbocycles. The smallest absolute Gasteiger partial charge is 0.124 e. The van der Waals surface area contributed by atoms with Crippen molar-refractivity contribution in [2.24, 2.45) is 0 Å². The van der Waals surface area contributed by atoms with Gasteiger partial charge in [0.1, 0.15) is 5.01 Å². The van der Waals surface area contributed by atoms with Gasteiger partial charge >= 0.3 is 0 Å². The van der Waals surface area contributed by atoms with Gasteiger partial charge in [-0.15, -0.1) is 11.3 Å². The first kappa shape index (κ1) is 12.2. The van der Waals surface area contributed by atoms with Crippen molar-refractivity contribution >= 4 is 56.4 Å². The highest BCUT2D eigenvalue weighted by Crippen LogP contribution is 2.34. The summed E-state index contributed by atoms with van der Waals surface area (Å²) in [5.41, 5.74) is 1.85. The Kier molecular flexibility index (Phi) is 3.20. The molecule has 0 radical (unpaired) electrons. The lowest BCUT2D eigenvalue weighted by Gasteiger charge is -1.98. The molecular weight excluding hydrogens is 309 g/mol. The Bertz CT molecular complexity index is 716. The molecule has 0 spiro atoms. The summed E-state index contributed by atoms with van der Waals surface area (Å²) in [6.45, 7) is 0. The summed E-state index contributed by atoms with van der Waals surface area (Å²) in [4.78, 5) is 4.55. The monoisotopic (exact) mass is 313 g/mol. The molecule has 0 fully saturated rings. The molecule has 0 atom stereocenters. The topological polar surface area (TPSA) is 12.9 Å². The van der Waals surface area contributed by atoms with E-state index in [9.17, 15) is 0 Å². The number of hydrogen-bond acceptors (Lipinski definition) is 2. The molecule has 3 aromatic rings. The zero-order chi connectivity index (χ0) is 12.7. The van der Waals surface area contributed by atoms with Crippen LogP contribution in [0.15, 0.2) is 36.4 Å². The van der Waals surface area contributed by atoms with E-state index in [1.807, 2.05) is 30.3 Å². The van der Waals surface area contributed by atoms with Gasteiger partial charge in [0.05, 0.1) is 10.2 Å². The highest BCUT2D eigenvalue weighted by atomic mass is 35.5. The lowest BCUT2D eigenvalue weighted by atomic mass is 10.2. The number of benzene rings is 2. The van der Waals surface area contributed by atoms with Crippen LogP contribution in [0.5, 0.6) is 0 Å². The molecule has 0 aliphatic carbocycles. The molecule has 5 heteroatoms. The minimum Gasteiger partial charge on any atom is -0.236 e. The van der Waals surface area contributed by atoms with Crippen molar-refractivity contribution in [1.29, 1.82) is 0 Å². The fraction of sp³-hybridized carbons (Fsp3) is 0. The molecular formula is C13H6Cl3NS. The Balaban J connectivity index is 2.19. The average Bonchev–Trinajstić information content (AvgIpc) is 2.70. The van der Waals surface area contributed by atoms with Crippen LogP contribution < -0.4 is 0 Å². The molecule has 0 saturated heterocycles. The van der Waals surface area contributed by atoms with E-state index in [1.54, 1.807) is 17.4 Å². The molecule has 3 rings (SSSR count). The summed E-state index contributed by atoms with van der Waals surface area (Å²) in [7, 11) is 0. The second-order valence-electron chi connectivity index (χ2n) is 3.79. The molecule has 90 valence electrons. The lowest BCUT2D eigenvalue weighted by molar-refractivity contribution is 1.48. The summed E-state index contributed by atoms with van der Waals surface area (Å²) in [6.07, 6.45) is 0. The van der Waals surface area contributed by atoms with Crippen molar-refractivity contribution in [3.63, 3.8) is 0 Å². The van der Waals surface area contributed by atoms with Gasteiger partial charge in [0.2, 0.25) is 0 Å². The first-order chi connectivity index (χ1) is 8.61. The van der Waals surface area contributed by atoms with E-state index in [-0.39, 0.29) is 0 Å². The number of aromatic nitrogens is 1. The van der Waals surface area contributed by atoms with Crippen LogP contribution in [0, 0.1) is 0 Å². The second kappa shape index (κ2) is 4.71. The zero-order valence-electron chi connectivity index (χ0n) is 8.95. The molecule has 0 N–H and O–H groups in total. The Morgan fingerprint density at radius 2 is 1.56 bits per heavy atom. The van der Waals surface area contributed by atoms with Crippen LogP contribution in [-0.2, 0) is 0 Å². The van der Waals surface area contributed by atoms with Crippen LogP contribution in [0.25, 0.3) is 20.8 Å². The van der Waals surface area contributed by atoms with Gasteiger partial charge in [0, 0.05) is 20.6 Å². The largest absolute Gasteiger partial charge is 0.236 e. The third kappa shape index (κ3) is 2.34. The van der Waals surface area contributed by atoms with E-state index in [1.165, 1.54) is 0 Å². The van der Waals surface area contributed by atoms with E-state index < -0.39 is 0 Å². The predicted molar refractivity (Wildman–Crippen MR) is 80.1 cm³/mol. The summed E-state index contributed by atoms with van der Waals surface area (Å²) < 4.78 is 1.05. The fourth-order valence-electron chi connectivity index (χ4n) is 1.70. The number of fused-ring (bicyclic) bond motifs is 1. The van der Waals surface area contributed by atoms with Crippen molar-refractivity contribution in [2.75, 3.05) is 0 Å². The molecule has 18 heavy (non-hydrogen) atoms. The first-order valence-corrected chi connectivity index (χ1v) is 7.09. The predicted octanol–water partition coefficient (Wildman–Crippen LogP) is 5.92. The molecule has 0 unspecified atom stereocenters. The van der Waals surface area contributed by atoms with Gasteiger partial charge in [-0.2, -0.15) is 0 Å². The summed E-state index contributed by atoms with van der Waals surface area (Å²) in [5.74, 6) is 0. The maximum absolute atomic E-state index is 6.00. The maximum Gasteiger partial charge on any atom is 0.124 e. The Labute approximate surface area is 123 Å². The van der Waals surface area contributed by atoms with Crippen LogP contribution in [0.4, 0.5) is 0 Å². The molecule has 1 aromatic heterocycles. The number of nitrogens with zero attached hydrogens (tertiary/aromatic N) is 1. The van der Waals surface area contributed by atoms with E-state index in [0.717, 1.165) is 20.8 Å². The van der Waals surface area contributed by atoms with Gasteiger partial charge in [-0.25, -0.2) is 4.98 Å². The summed E-state index contributed by atoms with van der Waals surface area (Å²) in [6, 6.07) is 11.1. The summed E-state index contributed by atoms with van der Waals surface area (Å²) in [5, 5.41) is 2.81. The van der Waals surface area contributed by atoms with Crippen LogP contribution in [0.2, 0.25) is 15.1 Å². The quantitative estimate of drug-likeness (QED) is 0.543. The molecule has 2 aromatic carbocycles.